The van der Waals surface area contributed by atoms with Crippen LogP contribution in [0.15, 0.2) is 12.1 Å². The number of carbonyl (C=O) groups excluding carboxylic acids is 1. The van der Waals surface area contributed by atoms with E-state index in [1.807, 2.05) is 4.90 Å². The summed E-state index contributed by atoms with van der Waals surface area (Å²) < 4.78 is 5.84. The Hall–Kier alpha value is -2.65. The fourth-order valence-electron chi connectivity index (χ4n) is 5.82. The number of methoxy groups -OCH3 is 1. The van der Waals surface area contributed by atoms with Crippen molar-refractivity contribution in [2.45, 2.75) is 51.0 Å². The first-order valence-corrected chi connectivity index (χ1v) is 14.0. The number of benzene rings is 1. The lowest BCUT2D eigenvalue weighted by Gasteiger charge is -2.30. The second-order valence-electron chi connectivity index (χ2n) is 11.0. The number of piperidine rings is 1. The molecule has 5 rings (SSSR count). The largest absolute Gasteiger partial charge is 0.496 e. The molecular weight excluding hydrogens is 466 g/mol. The minimum Gasteiger partial charge on any atom is -0.496 e. The third-order valence-electron chi connectivity index (χ3n) is 8.19. The number of aryl methyl sites for hydroxylation is 1. The van der Waals surface area contributed by atoms with Crippen LogP contribution in [0.1, 0.15) is 44.1 Å². The van der Waals surface area contributed by atoms with Crippen LogP contribution in [-0.4, -0.2) is 110 Å². The van der Waals surface area contributed by atoms with Crippen LogP contribution in [0.25, 0.3) is 10.9 Å². The molecule has 3 aliphatic heterocycles. The average Bonchev–Trinajstić information content (AvgIpc) is 3.17. The Morgan fingerprint density at radius 3 is 2.54 bits per heavy atom. The number of likely N-dealkylation sites (N-methyl/N-ethyl adjacent to an activating group) is 1. The number of ether oxygens (including phenoxy) is 1. The van der Waals surface area contributed by atoms with Gasteiger partial charge in [-0.1, -0.05) is 0 Å². The van der Waals surface area contributed by atoms with Crippen molar-refractivity contribution in [3.8, 4) is 5.75 Å². The standard InChI is InChI=1S/C28H43N7O2/c1-32-11-6-14-35(18-17-32)28-30-24-19-21(7-4-12-34-13-5-8-26(34)36)25(37-3)20-23(24)27(31-28)29-22-9-15-33(2)16-10-22/h19-20,22H,4-18H2,1-3H3,(H,29,30,31). The Morgan fingerprint density at radius 2 is 1.78 bits per heavy atom. The normalized spacial score (nSPS) is 20.6. The lowest BCUT2D eigenvalue weighted by molar-refractivity contribution is -0.127. The van der Waals surface area contributed by atoms with E-state index in [0.717, 1.165) is 125 Å². The highest BCUT2D eigenvalue weighted by Gasteiger charge is 2.23. The summed E-state index contributed by atoms with van der Waals surface area (Å²) in [5, 5.41) is 4.81. The number of hydrogen-bond acceptors (Lipinski definition) is 8. The summed E-state index contributed by atoms with van der Waals surface area (Å²) in [7, 11) is 6.12. The maximum atomic E-state index is 12.0. The molecular formula is C28H43N7O2. The number of likely N-dealkylation sites (tertiary alicyclic amines) is 2. The number of amides is 1. The zero-order valence-electron chi connectivity index (χ0n) is 22.8. The van der Waals surface area contributed by atoms with Crippen LogP contribution in [-0.2, 0) is 11.2 Å². The van der Waals surface area contributed by atoms with Gasteiger partial charge in [0, 0.05) is 50.6 Å². The Labute approximate surface area is 221 Å². The van der Waals surface area contributed by atoms with Gasteiger partial charge in [-0.2, -0.15) is 4.98 Å². The smallest absolute Gasteiger partial charge is 0.227 e. The van der Waals surface area contributed by atoms with Gasteiger partial charge in [-0.25, -0.2) is 4.98 Å². The van der Waals surface area contributed by atoms with E-state index in [4.69, 9.17) is 14.7 Å². The summed E-state index contributed by atoms with van der Waals surface area (Å²) in [6.45, 7) is 7.91. The molecule has 1 N–H and O–H groups in total. The van der Waals surface area contributed by atoms with Gasteiger partial charge in [-0.3, -0.25) is 4.79 Å². The van der Waals surface area contributed by atoms with Crippen molar-refractivity contribution in [3.05, 3.63) is 17.7 Å². The topological polar surface area (TPSA) is 77.1 Å². The number of fused-ring (bicyclic) bond motifs is 1. The SMILES string of the molecule is COc1cc2c(NC3CCN(C)CC3)nc(N3CCCN(C)CC3)nc2cc1CCCN1CCCC1=O. The molecule has 1 aromatic carbocycles. The third kappa shape index (κ3) is 6.26. The molecule has 0 spiro atoms. The summed E-state index contributed by atoms with van der Waals surface area (Å²) in [5.74, 6) is 2.90. The molecule has 37 heavy (non-hydrogen) atoms. The first-order valence-electron chi connectivity index (χ1n) is 14.0. The molecule has 0 atom stereocenters. The first kappa shape index (κ1) is 26.0. The fourth-order valence-corrected chi connectivity index (χ4v) is 5.82. The van der Waals surface area contributed by atoms with Crippen LogP contribution in [0.3, 0.4) is 0 Å². The first-order chi connectivity index (χ1) is 18.0. The van der Waals surface area contributed by atoms with Crippen molar-refractivity contribution < 1.29 is 9.53 Å². The Kier molecular flexibility index (Phi) is 8.30. The minimum atomic E-state index is 0.288. The van der Waals surface area contributed by atoms with Crippen molar-refractivity contribution >= 4 is 28.6 Å². The van der Waals surface area contributed by atoms with E-state index in [1.165, 1.54) is 0 Å². The average molecular weight is 510 g/mol. The summed E-state index contributed by atoms with van der Waals surface area (Å²) in [6.07, 6.45) is 6.78. The summed E-state index contributed by atoms with van der Waals surface area (Å²) in [6, 6.07) is 4.71. The zero-order valence-corrected chi connectivity index (χ0v) is 22.8. The molecule has 3 fully saturated rings. The monoisotopic (exact) mass is 509 g/mol. The molecule has 9 nitrogen and oxygen atoms in total. The highest BCUT2D eigenvalue weighted by molar-refractivity contribution is 5.92. The van der Waals surface area contributed by atoms with E-state index in [0.29, 0.717) is 12.5 Å². The molecule has 9 heteroatoms. The van der Waals surface area contributed by atoms with Gasteiger partial charge in [0.25, 0.3) is 0 Å². The summed E-state index contributed by atoms with van der Waals surface area (Å²) in [4.78, 5) is 31.3. The van der Waals surface area contributed by atoms with Crippen molar-refractivity contribution in [2.75, 3.05) is 83.8 Å². The van der Waals surface area contributed by atoms with Gasteiger partial charge in [0.1, 0.15) is 11.6 Å². The molecule has 3 aliphatic rings. The molecule has 1 aromatic heterocycles. The molecule has 4 heterocycles. The van der Waals surface area contributed by atoms with Crippen molar-refractivity contribution in [1.82, 2.24) is 24.7 Å². The van der Waals surface area contributed by atoms with E-state index in [-0.39, 0.29) is 5.91 Å². The number of carbonyl (C=O) groups is 1. The van der Waals surface area contributed by atoms with Gasteiger partial charge in [-0.05, 0) is 90.0 Å². The quantitative estimate of drug-likeness (QED) is 0.582. The second kappa shape index (κ2) is 11.8. The maximum absolute atomic E-state index is 12.0. The number of anilines is 2. The van der Waals surface area contributed by atoms with Gasteiger partial charge >= 0.3 is 0 Å². The highest BCUT2D eigenvalue weighted by atomic mass is 16.5. The number of nitrogens with one attached hydrogen (secondary N) is 1. The zero-order chi connectivity index (χ0) is 25.8. The molecule has 0 aliphatic carbocycles. The molecule has 0 saturated carbocycles. The molecule has 3 saturated heterocycles. The third-order valence-corrected chi connectivity index (χ3v) is 8.19. The molecule has 1 amide bonds. The molecule has 0 unspecified atom stereocenters. The predicted molar refractivity (Wildman–Crippen MR) is 149 cm³/mol. The maximum Gasteiger partial charge on any atom is 0.227 e. The predicted octanol–water partition coefficient (Wildman–Crippen LogP) is 2.84. The van der Waals surface area contributed by atoms with Gasteiger partial charge in [0.2, 0.25) is 11.9 Å². The Balaban J connectivity index is 1.44. The number of rotatable bonds is 8. The van der Waals surface area contributed by atoms with Gasteiger partial charge in [0.15, 0.2) is 0 Å². The number of hydrogen-bond donors (Lipinski definition) is 1. The number of aromatic nitrogens is 2. The lowest BCUT2D eigenvalue weighted by Crippen LogP contribution is -2.37. The Bertz CT molecular complexity index is 1090. The molecule has 0 bridgehead atoms. The molecule has 202 valence electrons. The van der Waals surface area contributed by atoms with E-state index in [1.54, 1.807) is 7.11 Å². The number of nitrogens with zero attached hydrogens (tertiary/aromatic N) is 6. The molecule has 2 aromatic rings. The van der Waals surface area contributed by atoms with Crippen molar-refractivity contribution in [2.24, 2.45) is 0 Å². The van der Waals surface area contributed by atoms with Crippen molar-refractivity contribution in [3.63, 3.8) is 0 Å². The van der Waals surface area contributed by atoms with Gasteiger partial charge < -0.3 is 29.7 Å². The van der Waals surface area contributed by atoms with Crippen LogP contribution < -0.4 is 15.0 Å². The van der Waals surface area contributed by atoms with Gasteiger partial charge in [-0.15, -0.1) is 0 Å². The van der Waals surface area contributed by atoms with Crippen LogP contribution >= 0.6 is 0 Å². The van der Waals surface area contributed by atoms with Crippen LogP contribution in [0, 0.1) is 0 Å². The summed E-state index contributed by atoms with van der Waals surface area (Å²) in [5.41, 5.74) is 2.11. The van der Waals surface area contributed by atoms with E-state index in [2.05, 4.69) is 46.2 Å². The van der Waals surface area contributed by atoms with E-state index >= 15 is 0 Å². The van der Waals surface area contributed by atoms with Crippen LogP contribution in [0.2, 0.25) is 0 Å². The van der Waals surface area contributed by atoms with Crippen LogP contribution in [0.4, 0.5) is 11.8 Å². The summed E-state index contributed by atoms with van der Waals surface area (Å²) >= 11 is 0. The van der Waals surface area contributed by atoms with Crippen LogP contribution in [0.5, 0.6) is 5.75 Å². The highest BCUT2D eigenvalue weighted by Crippen LogP contribution is 2.33. The van der Waals surface area contributed by atoms with Gasteiger partial charge in [0.05, 0.1) is 12.6 Å². The minimum absolute atomic E-state index is 0.288. The van der Waals surface area contributed by atoms with E-state index < -0.39 is 0 Å². The van der Waals surface area contributed by atoms with Crippen molar-refractivity contribution in [1.29, 1.82) is 0 Å². The lowest BCUT2D eigenvalue weighted by atomic mass is 10.0. The fraction of sp³-hybridized carbons (Fsp3) is 0.679. The van der Waals surface area contributed by atoms with E-state index in [9.17, 15) is 4.79 Å². The second-order valence-corrected chi connectivity index (χ2v) is 11.0. The Morgan fingerprint density at radius 1 is 0.973 bits per heavy atom. The molecule has 0 radical (unpaired) electrons.